The standard InChI is InChI=1S/C26H43N5O/c1-6-27-26(29-24-11-12-31(18-24)25(32)19(2)3)28-14-22-9-7-8-10-23(22)17-30-15-20(4)13-21(5)16-30/h7-10,19-21,24H,6,11-18H2,1-5H3,(H2,27,28,29). The highest BCUT2D eigenvalue weighted by Crippen LogP contribution is 2.23. The number of aliphatic imine (C=N–C) groups is 1. The van der Waals surface area contributed by atoms with Gasteiger partial charge in [0.05, 0.1) is 6.54 Å². The van der Waals surface area contributed by atoms with Gasteiger partial charge in [-0.15, -0.1) is 0 Å². The monoisotopic (exact) mass is 441 g/mol. The minimum Gasteiger partial charge on any atom is -0.357 e. The summed E-state index contributed by atoms with van der Waals surface area (Å²) < 4.78 is 0. The van der Waals surface area contributed by atoms with E-state index in [9.17, 15) is 4.79 Å². The van der Waals surface area contributed by atoms with Gasteiger partial charge in [-0.05, 0) is 42.7 Å². The third kappa shape index (κ3) is 6.96. The second-order valence-corrected chi connectivity index (χ2v) is 10.2. The van der Waals surface area contributed by atoms with E-state index in [1.54, 1.807) is 0 Å². The molecule has 0 radical (unpaired) electrons. The number of likely N-dealkylation sites (tertiary alicyclic amines) is 2. The first-order chi connectivity index (χ1) is 15.4. The second-order valence-electron chi connectivity index (χ2n) is 10.2. The lowest BCUT2D eigenvalue weighted by atomic mass is 9.91. The molecule has 3 rings (SSSR count). The van der Waals surface area contributed by atoms with Crippen molar-refractivity contribution >= 4 is 11.9 Å². The summed E-state index contributed by atoms with van der Waals surface area (Å²) in [6.07, 6.45) is 2.30. The van der Waals surface area contributed by atoms with Gasteiger partial charge >= 0.3 is 0 Å². The molecule has 3 unspecified atom stereocenters. The van der Waals surface area contributed by atoms with Gasteiger partial charge in [0.25, 0.3) is 0 Å². The number of hydrogen-bond acceptors (Lipinski definition) is 3. The molecule has 2 N–H and O–H groups in total. The highest BCUT2D eigenvalue weighted by molar-refractivity contribution is 5.81. The maximum atomic E-state index is 12.3. The Bertz CT molecular complexity index is 767. The van der Waals surface area contributed by atoms with Crippen molar-refractivity contribution in [2.75, 3.05) is 32.7 Å². The molecule has 0 spiro atoms. The normalized spacial score (nSPS) is 24.8. The molecule has 6 nitrogen and oxygen atoms in total. The SMILES string of the molecule is CCNC(=NCc1ccccc1CN1CC(C)CC(C)C1)NC1CCN(C(=O)C(C)C)C1. The molecule has 178 valence electrons. The molecule has 6 heteroatoms. The summed E-state index contributed by atoms with van der Waals surface area (Å²) in [6.45, 7) is 17.2. The van der Waals surface area contributed by atoms with Crippen LogP contribution in [0.5, 0.6) is 0 Å². The van der Waals surface area contributed by atoms with Crippen LogP contribution in [0.15, 0.2) is 29.3 Å². The van der Waals surface area contributed by atoms with Crippen LogP contribution < -0.4 is 10.6 Å². The Morgan fingerprint density at radius 1 is 1.12 bits per heavy atom. The molecule has 2 aliphatic heterocycles. The van der Waals surface area contributed by atoms with Gasteiger partial charge in [-0.1, -0.05) is 52.0 Å². The number of hydrogen-bond donors (Lipinski definition) is 2. The van der Waals surface area contributed by atoms with Crippen molar-refractivity contribution in [3.8, 4) is 0 Å². The zero-order valence-corrected chi connectivity index (χ0v) is 20.7. The maximum absolute atomic E-state index is 12.3. The molecule has 2 fully saturated rings. The topological polar surface area (TPSA) is 60.0 Å². The van der Waals surface area contributed by atoms with Crippen LogP contribution in [0.2, 0.25) is 0 Å². The van der Waals surface area contributed by atoms with Crippen LogP contribution in [0.25, 0.3) is 0 Å². The highest BCUT2D eigenvalue weighted by atomic mass is 16.2. The number of guanidine groups is 1. The van der Waals surface area contributed by atoms with Crippen molar-refractivity contribution in [1.82, 2.24) is 20.4 Å². The Labute approximate surface area is 194 Å². The first-order valence-electron chi connectivity index (χ1n) is 12.5. The molecule has 1 aromatic carbocycles. The van der Waals surface area contributed by atoms with Crippen molar-refractivity contribution < 1.29 is 4.79 Å². The molecule has 32 heavy (non-hydrogen) atoms. The number of nitrogens with zero attached hydrogens (tertiary/aromatic N) is 3. The zero-order valence-electron chi connectivity index (χ0n) is 20.7. The van der Waals surface area contributed by atoms with Gasteiger partial charge in [-0.25, -0.2) is 4.99 Å². The lowest BCUT2D eigenvalue weighted by molar-refractivity contribution is -0.133. The second kappa shape index (κ2) is 11.7. The van der Waals surface area contributed by atoms with Crippen LogP contribution in [0.4, 0.5) is 0 Å². The molecule has 3 atom stereocenters. The van der Waals surface area contributed by atoms with Gasteiger partial charge in [-0.2, -0.15) is 0 Å². The van der Waals surface area contributed by atoms with E-state index < -0.39 is 0 Å². The Kier molecular flexibility index (Phi) is 8.97. The summed E-state index contributed by atoms with van der Waals surface area (Å²) in [6, 6.07) is 8.96. The Hall–Kier alpha value is -2.08. The number of amides is 1. The largest absolute Gasteiger partial charge is 0.357 e. The van der Waals surface area contributed by atoms with E-state index >= 15 is 0 Å². The van der Waals surface area contributed by atoms with Crippen molar-refractivity contribution in [1.29, 1.82) is 0 Å². The van der Waals surface area contributed by atoms with Gasteiger partial charge in [0, 0.05) is 51.2 Å². The molecule has 1 amide bonds. The average Bonchev–Trinajstić information content (AvgIpc) is 3.20. The number of rotatable bonds is 7. The summed E-state index contributed by atoms with van der Waals surface area (Å²) in [4.78, 5) is 21.8. The number of benzene rings is 1. The fourth-order valence-electron chi connectivity index (χ4n) is 5.15. The predicted molar refractivity (Wildman–Crippen MR) is 132 cm³/mol. The molecule has 2 heterocycles. The fourth-order valence-corrected chi connectivity index (χ4v) is 5.15. The van der Waals surface area contributed by atoms with E-state index in [0.717, 1.165) is 50.4 Å². The van der Waals surface area contributed by atoms with Crippen LogP contribution in [-0.2, 0) is 17.9 Å². The van der Waals surface area contributed by atoms with Crippen LogP contribution in [0, 0.1) is 17.8 Å². The molecule has 0 aliphatic carbocycles. The third-order valence-corrected chi connectivity index (χ3v) is 6.54. The zero-order chi connectivity index (χ0) is 23.1. The van der Waals surface area contributed by atoms with Crippen molar-refractivity contribution in [3.63, 3.8) is 0 Å². The first-order valence-corrected chi connectivity index (χ1v) is 12.5. The van der Waals surface area contributed by atoms with Crippen LogP contribution in [-0.4, -0.2) is 60.4 Å². The summed E-state index contributed by atoms with van der Waals surface area (Å²) in [5, 5.41) is 6.94. The molecule has 0 aromatic heterocycles. The number of carbonyl (C=O) groups is 1. The van der Waals surface area contributed by atoms with Gasteiger partial charge in [0.2, 0.25) is 5.91 Å². The van der Waals surface area contributed by atoms with Crippen molar-refractivity contribution in [2.45, 2.75) is 66.6 Å². The van der Waals surface area contributed by atoms with E-state index in [0.29, 0.717) is 6.54 Å². The quantitative estimate of drug-likeness (QED) is 0.502. The third-order valence-electron chi connectivity index (χ3n) is 6.54. The lowest BCUT2D eigenvalue weighted by Gasteiger charge is -2.35. The smallest absolute Gasteiger partial charge is 0.225 e. The minimum absolute atomic E-state index is 0.0537. The maximum Gasteiger partial charge on any atom is 0.225 e. The van der Waals surface area contributed by atoms with Crippen molar-refractivity contribution in [2.24, 2.45) is 22.7 Å². The Morgan fingerprint density at radius 2 is 1.81 bits per heavy atom. The van der Waals surface area contributed by atoms with Gasteiger partial charge in [-0.3, -0.25) is 9.69 Å². The molecule has 2 aliphatic rings. The van der Waals surface area contributed by atoms with Crippen LogP contribution in [0.1, 0.15) is 58.6 Å². The molecule has 0 saturated carbocycles. The molecule has 0 bridgehead atoms. The number of piperidine rings is 1. The Morgan fingerprint density at radius 3 is 2.47 bits per heavy atom. The van der Waals surface area contributed by atoms with Crippen LogP contribution in [0.3, 0.4) is 0 Å². The van der Waals surface area contributed by atoms with Gasteiger partial charge in [0.15, 0.2) is 5.96 Å². The predicted octanol–water partition coefficient (Wildman–Crippen LogP) is 3.48. The highest BCUT2D eigenvalue weighted by Gasteiger charge is 2.28. The van der Waals surface area contributed by atoms with E-state index in [4.69, 9.17) is 4.99 Å². The summed E-state index contributed by atoms with van der Waals surface area (Å²) >= 11 is 0. The lowest BCUT2D eigenvalue weighted by Crippen LogP contribution is -2.45. The van der Waals surface area contributed by atoms with E-state index in [1.807, 2.05) is 18.7 Å². The summed E-state index contributed by atoms with van der Waals surface area (Å²) in [5.74, 6) is 2.67. The van der Waals surface area contributed by atoms with Crippen molar-refractivity contribution in [3.05, 3.63) is 35.4 Å². The summed E-state index contributed by atoms with van der Waals surface area (Å²) in [7, 11) is 0. The summed E-state index contributed by atoms with van der Waals surface area (Å²) in [5.41, 5.74) is 2.67. The number of nitrogens with one attached hydrogen (secondary N) is 2. The van der Waals surface area contributed by atoms with Gasteiger partial charge < -0.3 is 15.5 Å². The number of carbonyl (C=O) groups excluding carboxylic acids is 1. The fraction of sp³-hybridized carbons (Fsp3) is 0.692. The molecular weight excluding hydrogens is 398 g/mol. The van der Waals surface area contributed by atoms with Gasteiger partial charge in [0.1, 0.15) is 0 Å². The average molecular weight is 442 g/mol. The van der Waals surface area contributed by atoms with E-state index in [1.165, 1.54) is 30.6 Å². The molecular formula is C26H43N5O. The van der Waals surface area contributed by atoms with E-state index in [2.05, 4.69) is 60.6 Å². The van der Waals surface area contributed by atoms with E-state index in [-0.39, 0.29) is 17.9 Å². The molecule has 2 saturated heterocycles. The minimum atomic E-state index is 0.0537. The Balaban J connectivity index is 1.62. The van der Waals surface area contributed by atoms with Crippen LogP contribution >= 0.6 is 0 Å². The first kappa shape index (κ1) is 24.6. The molecule has 1 aromatic rings.